The largest absolute Gasteiger partial charge is 0.479 e. The lowest BCUT2D eigenvalue weighted by Gasteiger charge is -2.19. The van der Waals surface area contributed by atoms with Gasteiger partial charge in [-0.2, -0.15) is 0 Å². The fourth-order valence-corrected chi connectivity index (χ4v) is 2.59. The molecule has 0 radical (unpaired) electrons. The van der Waals surface area contributed by atoms with Crippen LogP contribution in [-0.2, 0) is 16.1 Å². The molecule has 2 aromatic carbocycles. The van der Waals surface area contributed by atoms with Crippen molar-refractivity contribution in [3.8, 4) is 11.1 Å². The van der Waals surface area contributed by atoms with E-state index >= 15 is 0 Å². The normalized spacial score (nSPS) is 13.5. The van der Waals surface area contributed by atoms with E-state index in [4.69, 9.17) is 9.84 Å². The number of hydrogen-bond donors (Lipinski definition) is 3. The molecule has 0 aromatic heterocycles. The summed E-state index contributed by atoms with van der Waals surface area (Å²) in [6.07, 6.45) is -2.47. The van der Waals surface area contributed by atoms with Crippen LogP contribution in [0, 0.1) is 0 Å². The summed E-state index contributed by atoms with van der Waals surface area (Å²) in [5, 5.41) is 22.5. The Kier molecular flexibility index (Phi) is 6.49. The number of aliphatic hydroxyl groups excluding tert-OH is 1. The van der Waals surface area contributed by atoms with Crippen LogP contribution >= 0.6 is 0 Å². The molecule has 2 aromatic rings. The predicted octanol–water partition coefficient (Wildman–Crippen LogP) is 2.60. The Morgan fingerprint density at radius 2 is 1.88 bits per heavy atom. The molecule has 0 heterocycles. The highest BCUT2D eigenvalue weighted by Crippen LogP contribution is 2.25. The van der Waals surface area contributed by atoms with Crippen molar-refractivity contribution < 1.29 is 19.7 Å². The molecule has 0 aliphatic rings. The topological polar surface area (TPSA) is 78.8 Å². The summed E-state index contributed by atoms with van der Waals surface area (Å²) in [6.45, 7) is 2.72. The number of ether oxygens (including phenoxy) is 1. The zero-order valence-electron chi connectivity index (χ0n) is 13.9. The van der Waals surface area contributed by atoms with Gasteiger partial charge in [-0.3, -0.25) is 0 Å². The first-order chi connectivity index (χ1) is 11.6. The zero-order valence-corrected chi connectivity index (χ0v) is 13.9. The second-order valence-electron chi connectivity index (χ2n) is 5.51. The van der Waals surface area contributed by atoms with Crippen molar-refractivity contribution in [1.82, 2.24) is 5.32 Å². The number of carbonyl (C=O) groups is 1. The summed E-state index contributed by atoms with van der Waals surface area (Å²) in [4.78, 5) is 11.2. The lowest BCUT2D eigenvalue weighted by molar-refractivity contribution is -0.158. The van der Waals surface area contributed by atoms with Gasteiger partial charge in [0.05, 0.1) is 0 Å². The highest BCUT2D eigenvalue weighted by molar-refractivity contribution is 5.73. The lowest BCUT2D eigenvalue weighted by Crippen LogP contribution is -2.31. The number of nitrogens with one attached hydrogen (secondary N) is 1. The summed E-state index contributed by atoms with van der Waals surface area (Å²) in [5.41, 5.74) is 3.78. The van der Waals surface area contributed by atoms with E-state index in [1.54, 1.807) is 19.1 Å². The number of aliphatic hydroxyl groups is 1. The summed E-state index contributed by atoms with van der Waals surface area (Å²) in [5.74, 6) is -1.17. The Labute approximate surface area is 141 Å². The molecule has 5 nitrogen and oxygen atoms in total. The van der Waals surface area contributed by atoms with Crippen LogP contribution in [0.25, 0.3) is 11.1 Å². The molecule has 5 heteroatoms. The van der Waals surface area contributed by atoms with E-state index in [-0.39, 0.29) is 6.61 Å². The molecule has 2 unspecified atom stereocenters. The third kappa shape index (κ3) is 4.41. The quantitative estimate of drug-likeness (QED) is 0.694. The summed E-state index contributed by atoms with van der Waals surface area (Å²) < 4.78 is 5.12. The first kappa shape index (κ1) is 18.1. The maximum atomic E-state index is 11.2. The second-order valence-corrected chi connectivity index (χ2v) is 5.51. The molecule has 0 bridgehead atoms. The number of rotatable bonds is 8. The van der Waals surface area contributed by atoms with Crippen LogP contribution in [0.5, 0.6) is 0 Å². The monoisotopic (exact) mass is 329 g/mol. The number of hydrogen-bond acceptors (Lipinski definition) is 4. The van der Waals surface area contributed by atoms with Gasteiger partial charge in [-0.15, -0.1) is 0 Å². The van der Waals surface area contributed by atoms with Crippen molar-refractivity contribution >= 4 is 5.97 Å². The molecule has 3 N–H and O–H groups in total. The minimum absolute atomic E-state index is 0.227. The molecular formula is C19H23NO4. The number of aliphatic carboxylic acids is 1. The lowest BCUT2D eigenvalue weighted by atomic mass is 9.98. The molecule has 2 rings (SSSR count). The smallest absolute Gasteiger partial charge is 0.335 e. The van der Waals surface area contributed by atoms with E-state index in [0.29, 0.717) is 5.56 Å². The first-order valence-electron chi connectivity index (χ1n) is 7.93. The third-order valence-electron chi connectivity index (χ3n) is 3.77. The Hall–Kier alpha value is -2.21. The maximum absolute atomic E-state index is 11.2. The molecular weight excluding hydrogens is 306 g/mol. The van der Waals surface area contributed by atoms with Crippen LogP contribution in [0.1, 0.15) is 24.2 Å². The standard InChI is InChI=1S/C19H23NO4/c1-3-24-18(19(22)23)17(21)15-9-7-14(8-10-15)16-6-4-5-13(11-16)12-20-2/h4-11,17-18,20-21H,3,12H2,1-2H3,(H,22,23). The van der Waals surface area contributed by atoms with Gasteiger partial charge in [-0.1, -0.05) is 42.5 Å². The van der Waals surface area contributed by atoms with Gasteiger partial charge in [-0.25, -0.2) is 4.79 Å². The van der Waals surface area contributed by atoms with Crippen LogP contribution < -0.4 is 5.32 Å². The summed E-state index contributed by atoms with van der Waals surface area (Å²) >= 11 is 0. The molecule has 0 saturated heterocycles. The van der Waals surface area contributed by atoms with Crippen LogP contribution in [0.4, 0.5) is 0 Å². The van der Waals surface area contributed by atoms with E-state index < -0.39 is 18.2 Å². The third-order valence-corrected chi connectivity index (χ3v) is 3.77. The average Bonchev–Trinajstić information content (AvgIpc) is 2.59. The van der Waals surface area contributed by atoms with Gasteiger partial charge < -0.3 is 20.3 Å². The van der Waals surface area contributed by atoms with Gasteiger partial charge >= 0.3 is 5.97 Å². The minimum atomic E-state index is -1.26. The van der Waals surface area contributed by atoms with Crippen LogP contribution in [-0.4, -0.2) is 35.9 Å². The predicted molar refractivity (Wildman–Crippen MR) is 92.7 cm³/mol. The van der Waals surface area contributed by atoms with Gasteiger partial charge in [0.1, 0.15) is 6.10 Å². The summed E-state index contributed by atoms with van der Waals surface area (Å²) in [6, 6.07) is 15.4. The molecule has 0 saturated carbocycles. The molecule has 0 fully saturated rings. The Bertz CT molecular complexity index is 669. The molecule has 2 atom stereocenters. The van der Waals surface area contributed by atoms with Gasteiger partial charge in [0.25, 0.3) is 0 Å². The molecule has 0 amide bonds. The van der Waals surface area contributed by atoms with Gasteiger partial charge in [0.2, 0.25) is 0 Å². The van der Waals surface area contributed by atoms with E-state index in [2.05, 4.69) is 17.4 Å². The molecule has 0 aliphatic carbocycles. The van der Waals surface area contributed by atoms with E-state index in [1.165, 1.54) is 5.56 Å². The van der Waals surface area contributed by atoms with E-state index in [1.807, 2.05) is 31.3 Å². The van der Waals surface area contributed by atoms with Gasteiger partial charge in [0.15, 0.2) is 6.10 Å². The number of carboxylic acid groups (broad SMARTS) is 1. The first-order valence-corrected chi connectivity index (χ1v) is 7.93. The Morgan fingerprint density at radius 3 is 2.46 bits per heavy atom. The second kappa shape index (κ2) is 8.59. The highest BCUT2D eigenvalue weighted by atomic mass is 16.5. The van der Waals surface area contributed by atoms with Crippen LogP contribution in [0.2, 0.25) is 0 Å². The molecule has 128 valence electrons. The minimum Gasteiger partial charge on any atom is -0.479 e. The van der Waals surface area contributed by atoms with Crippen LogP contribution in [0.3, 0.4) is 0 Å². The molecule has 0 spiro atoms. The van der Waals surface area contributed by atoms with Crippen molar-refractivity contribution in [2.45, 2.75) is 25.7 Å². The van der Waals surface area contributed by atoms with E-state index in [9.17, 15) is 9.90 Å². The van der Waals surface area contributed by atoms with Crippen molar-refractivity contribution in [1.29, 1.82) is 0 Å². The fraction of sp³-hybridized carbons (Fsp3) is 0.316. The van der Waals surface area contributed by atoms with E-state index in [0.717, 1.165) is 17.7 Å². The van der Waals surface area contributed by atoms with Gasteiger partial charge in [0, 0.05) is 13.2 Å². The van der Waals surface area contributed by atoms with Crippen LogP contribution in [0.15, 0.2) is 48.5 Å². The SMILES string of the molecule is CCOC(C(=O)O)C(O)c1ccc(-c2cccc(CNC)c2)cc1. The maximum Gasteiger partial charge on any atom is 0.335 e. The number of benzene rings is 2. The molecule has 0 aliphatic heterocycles. The van der Waals surface area contributed by atoms with Crippen molar-refractivity contribution in [3.05, 3.63) is 59.7 Å². The highest BCUT2D eigenvalue weighted by Gasteiger charge is 2.28. The Morgan fingerprint density at radius 1 is 1.17 bits per heavy atom. The van der Waals surface area contributed by atoms with Crippen molar-refractivity contribution in [2.24, 2.45) is 0 Å². The Balaban J connectivity index is 2.21. The van der Waals surface area contributed by atoms with Crippen molar-refractivity contribution in [2.75, 3.05) is 13.7 Å². The zero-order chi connectivity index (χ0) is 17.5. The van der Waals surface area contributed by atoms with Gasteiger partial charge in [-0.05, 0) is 42.3 Å². The average molecular weight is 329 g/mol. The summed E-state index contributed by atoms with van der Waals surface area (Å²) in [7, 11) is 1.90. The number of carboxylic acids is 1. The molecule has 24 heavy (non-hydrogen) atoms. The fourth-order valence-electron chi connectivity index (χ4n) is 2.59. The van der Waals surface area contributed by atoms with Crippen molar-refractivity contribution in [3.63, 3.8) is 0 Å².